The second-order valence-corrected chi connectivity index (χ2v) is 8.15. The first kappa shape index (κ1) is 16.8. The zero-order valence-corrected chi connectivity index (χ0v) is 14.9. The molecule has 26 heavy (non-hydrogen) atoms. The Morgan fingerprint density at radius 1 is 1.08 bits per heavy atom. The molecule has 1 aliphatic heterocycles. The monoisotopic (exact) mass is 373 g/mol. The van der Waals surface area contributed by atoms with Gasteiger partial charge in [0.1, 0.15) is 5.69 Å². The van der Waals surface area contributed by atoms with Gasteiger partial charge in [-0.05, 0) is 36.8 Å². The molecule has 1 aromatic carbocycles. The first-order valence-corrected chi connectivity index (χ1v) is 9.86. The molecule has 1 saturated heterocycles. The van der Waals surface area contributed by atoms with Gasteiger partial charge in [-0.15, -0.1) is 0 Å². The number of hydrogen-bond donors (Lipinski definition) is 2. The van der Waals surface area contributed by atoms with E-state index in [0.717, 1.165) is 5.52 Å². The van der Waals surface area contributed by atoms with Gasteiger partial charge in [0.25, 0.3) is 5.91 Å². The number of amides is 1. The standard InChI is InChI=1S/C17H19N5O3S/c23-17(15-3-1-6-18-15)21-7-2-8-22(10-9-21)26(24,25)13-4-5-14-16(11-13)20-12-19-14/h1,3-6,11-12,18H,2,7-10H2,(H,19,20). The molecule has 8 nitrogen and oxygen atoms in total. The summed E-state index contributed by atoms with van der Waals surface area (Å²) in [5, 5.41) is 0. The third-order valence-corrected chi connectivity index (χ3v) is 6.49. The molecule has 2 aromatic heterocycles. The molecule has 0 unspecified atom stereocenters. The van der Waals surface area contributed by atoms with Crippen LogP contribution in [0.25, 0.3) is 11.0 Å². The normalized spacial score (nSPS) is 16.7. The summed E-state index contributed by atoms with van der Waals surface area (Å²) >= 11 is 0. The highest BCUT2D eigenvalue weighted by molar-refractivity contribution is 7.89. The Balaban J connectivity index is 1.53. The maximum absolute atomic E-state index is 13.0. The van der Waals surface area contributed by atoms with Crippen molar-refractivity contribution in [2.45, 2.75) is 11.3 Å². The molecular weight excluding hydrogens is 354 g/mol. The van der Waals surface area contributed by atoms with Crippen LogP contribution in [-0.2, 0) is 10.0 Å². The fourth-order valence-electron chi connectivity index (χ4n) is 3.20. The highest BCUT2D eigenvalue weighted by Crippen LogP contribution is 2.21. The van der Waals surface area contributed by atoms with Crippen molar-refractivity contribution in [1.29, 1.82) is 0 Å². The predicted octanol–water partition coefficient (Wildman–Crippen LogP) is 1.43. The van der Waals surface area contributed by atoms with Gasteiger partial charge in [0.2, 0.25) is 10.0 Å². The van der Waals surface area contributed by atoms with Crippen LogP contribution < -0.4 is 0 Å². The van der Waals surface area contributed by atoms with Crippen LogP contribution in [-0.4, -0.2) is 64.7 Å². The molecule has 0 bridgehead atoms. The Kier molecular flexibility index (Phi) is 4.25. The van der Waals surface area contributed by atoms with Crippen LogP contribution in [0.2, 0.25) is 0 Å². The molecule has 136 valence electrons. The van der Waals surface area contributed by atoms with E-state index in [1.807, 2.05) is 0 Å². The number of nitrogens with zero attached hydrogens (tertiary/aromatic N) is 3. The number of carbonyl (C=O) groups is 1. The van der Waals surface area contributed by atoms with Crippen LogP contribution >= 0.6 is 0 Å². The average molecular weight is 373 g/mol. The number of fused-ring (bicyclic) bond motifs is 1. The molecule has 1 fully saturated rings. The molecule has 1 aliphatic rings. The van der Waals surface area contributed by atoms with E-state index in [2.05, 4.69) is 15.0 Å². The van der Waals surface area contributed by atoms with E-state index in [1.165, 1.54) is 10.6 Å². The van der Waals surface area contributed by atoms with E-state index in [0.29, 0.717) is 37.3 Å². The Hall–Kier alpha value is -2.65. The van der Waals surface area contributed by atoms with E-state index in [4.69, 9.17) is 0 Å². The van der Waals surface area contributed by atoms with Crippen molar-refractivity contribution in [2.75, 3.05) is 26.2 Å². The van der Waals surface area contributed by atoms with Crippen molar-refractivity contribution < 1.29 is 13.2 Å². The van der Waals surface area contributed by atoms with Gasteiger partial charge in [0.15, 0.2) is 0 Å². The summed E-state index contributed by atoms with van der Waals surface area (Å²) in [5.41, 5.74) is 1.93. The number of aromatic nitrogens is 3. The van der Waals surface area contributed by atoms with Gasteiger partial charge in [0.05, 0.1) is 22.3 Å². The maximum atomic E-state index is 13.0. The van der Waals surface area contributed by atoms with Crippen molar-refractivity contribution in [2.24, 2.45) is 0 Å². The molecule has 9 heteroatoms. The Labute approximate surface area is 150 Å². The lowest BCUT2D eigenvalue weighted by Crippen LogP contribution is -2.37. The zero-order chi connectivity index (χ0) is 18.1. The molecule has 0 atom stereocenters. The summed E-state index contributed by atoms with van der Waals surface area (Å²) in [6.07, 6.45) is 3.84. The molecule has 1 amide bonds. The molecule has 4 rings (SSSR count). The van der Waals surface area contributed by atoms with Crippen LogP contribution in [0.1, 0.15) is 16.9 Å². The second-order valence-electron chi connectivity index (χ2n) is 6.22. The topological polar surface area (TPSA) is 102 Å². The van der Waals surface area contributed by atoms with Crippen molar-refractivity contribution in [3.8, 4) is 0 Å². The van der Waals surface area contributed by atoms with E-state index in [1.54, 1.807) is 41.4 Å². The van der Waals surface area contributed by atoms with Gasteiger partial charge in [0, 0.05) is 32.4 Å². The van der Waals surface area contributed by atoms with E-state index in [9.17, 15) is 13.2 Å². The number of nitrogens with one attached hydrogen (secondary N) is 2. The third-order valence-electron chi connectivity index (χ3n) is 4.60. The van der Waals surface area contributed by atoms with E-state index < -0.39 is 10.0 Å². The number of aromatic amines is 2. The largest absolute Gasteiger partial charge is 0.357 e. The zero-order valence-electron chi connectivity index (χ0n) is 14.1. The number of hydrogen-bond acceptors (Lipinski definition) is 4. The lowest BCUT2D eigenvalue weighted by atomic mass is 10.3. The summed E-state index contributed by atoms with van der Waals surface area (Å²) in [7, 11) is -3.62. The van der Waals surface area contributed by atoms with Gasteiger partial charge in [-0.25, -0.2) is 13.4 Å². The van der Waals surface area contributed by atoms with Gasteiger partial charge in [-0.2, -0.15) is 4.31 Å². The van der Waals surface area contributed by atoms with Crippen LogP contribution in [0.4, 0.5) is 0 Å². The second kappa shape index (κ2) is 6.58. The third kappa shape index (κ3) is 2.99. The Morgan fingerprint density at radius 2 is 1.96 bits per heavy atom. The molecule has 0 aliphatic carbocycles. The molecule has 0 spiro atoms. The molecule has 0 saturated carbocycles. The van der Waals surface area contributed by atoms with Crippen molar-refractivity contribution in [1.82, 2.24) is 24.2 Å². The minimum absolute atomic E-state index is 0.104. The van der Waals surface area contributed by atoms with Gasteiger partial charge in [-0.3, -0.25) is 4.79 Å². The number of H-pyrrole nitrogens is 2. The number of rotatable bonds is 3. The number of benzene rings is 1. The summed E-state index contributed by atoms with van der Waals surface area (Å²) < 4.78 is 27.4. The molecular formula is C17H19N5O3S. The first-order valence-electron chi connectivity index (χ1n) is 8.42. The summed E-state index contributed by atoms with van der Waals surface area (Å²) in [5.74, 6) is -0.104. The van der Waals surface area contributed by atoms with Crippen LogP contribution in [0.15, 0.2) is 47.8 Å². The quantitative estimate of drug-likeness (QED) is 0.725. The van der Waals surface area contributed by atoms with Gasteiger partial charge >= 0.3 is 0 Å². The van der Waals surface area contributed by atoms with Crippen LogP contribution in [0, 0.1) is 0 Å². The predicted molar refractivity (Wildman–Crippen MR) is 96.2 cm³/mol. The minimum Gasteiger partial charge on any atom is -0.357 e. The van der Waals surface area contributed by atoms with Gasteiger partial charge in [-0.1, -0.05) is 0 Å². The summed E-state index contributed by atoms with van der Waals surface area (Å²) in [4.78, 5) is 24.4. The number of sulfonamides is 1. The number of carbonyl (C=O) groups excluding carboxylic acids is 1. The summed E-state index contributed by atoms with van der Waals surface area (Å²) in [6.45, 7) is 1.56. The van der Waals surface area contributed by atoms with Crippen molar-refractivity contribution >= 4 is 27.0 Å². The van der Waals surface area contributed by atoms with Crippen LogP contribution in [0.5, 0.6) is 0 Å². The molecule has 3 aromatic rings. The van der Waals surface area contributed by atoms with Gasteiger partial charge < -0.3 is 14.9 Å². The lowest BCUT2D eigenvalue weighted by Gasteiger charge is -2.21. The molecule has 0 radical (unpaired) electrons. The van der Waals surface area contributed by atoms with Crippen LogP contribution in [0.3, 0.4) is 0 Å². The Morgan fingerprint density at radius 3 is 2.77 bits per heavy atom. The van der Waals surface area contributed by atoms with E-state index in [-0.39, 0.29) is 17.3 Å². The smallest absolute Gasteiger partial charge is 0.270 e. The molecule has 3 heterocycles. The fraction of sp³-hybridized carbons (Fsp3) is 0.294. The number of imidazole rings is 1. The highest BCUT2D eigenvalue weighted by atomic mass is 32.2. The fourth-order valence-corrected chi connectivity index (χ4v) is 4.69. The summed E-state index contributed by atoms with van der Waals surface area (Å²) in [6, 6.07) is 8.36. The minimum atomic E-state index is -3.62. The highest BCUT2D eigenvalue weighted by Gasteiger charge is 2.29. The average Bonchev–Trinajstić information content (AvgIpc) is 3.27. The lowest BCUT2D eigenvalue weighted by molar-refractivity contribution is 0.0759. The van der Waals surface area contributed by atoms with E-state index >= 15 is 0 Å². The van der Waals surface area contributed by atoms with Crippen molar-refractivity contribution in [3.05, 3.63) is 48.5 Å². The molecule has 2 N–H and O–H groups in total. The van der Waals surface area contributed by atoms with Crippen molar-refractivity contribution in [3.63, 3.8) is 0 Å². The maximum Gasteiger partial charge on any atom is 0.270 e. The SMILES string of the molecule is O=C(c1ccc[nH]1)N1CCCN(S(=O)(=O)c2ccc3nc[nH]c3c2)CC1. The Bertz CT molecular complexity index is 1030. The first-order chi connectivity index (χ1) is 12.6.